The van der Waals surface area contributed by atoms with Crippen LogP contribution in [0, 0.1) is 6.92 Å². The average molecular weight is 350 g/mol. The quantitative estimate of drug-likeness (QED) is 0.754. The number of hydrogen-bond donors (Lipinski definition) is 1. The summed E-state index contributed by atoms with van der Waals surface area (Å²) in [5.41, 5.74) is 8.82. The molecule has 6 heteroatoms. The van der Waals surface area contributed by atoms with Crippen molar-refractivity contribution in [3.63, 3.8) is 0 Å². The summed E-state index contributed by atoms with van der Waals surface area (Å²) in [5.74, 6) is 1.85. The Kier molecular flexibility index (Phi) is 4.42. The molecule has 6 nitrogen and oxygen atoms in total. The molecule has 1 aliphatic rings. The van der Waals surface area contributed by atoms with Crippen LogP contribution in [0.2, 0.25) is 0 Å². The molecule has 1 fully saturated rings. The summed E-state index contributed by atoms with van der Waals surface area (Å²) in [6.07, 6.45) is 5.77. The summed E-state index contributed by atoms with van der Waals surface area (Å²) in [5, 5.41) is 4.13. The highest BCUT2D eigenvalue weighted by Crippen LogP contribution is 2.35. The predicted octanol–water partition coefficient (Wildman–Crippen LogP) is 3.75. The minimum atomic E-state index is -0.444. The Labute approximate surface area is 152 Å². The van der Waals surface area contributed by atoms with E-state index in [2.05, 4.69) is 15.1 Å². The van der Waals surface area contributed by atoms with Gasteiger partial charge in [-0.2, -0.15) is 4.98 Å². The molecule has 3 aromatic rings. The molecule has 0 aliphatic heterocycles. The molecular weight excluding hydrogens is 328 g/mol. The fraction of sp³-hybridized carbons (Fsp3) is 0.350. The standard InChI is InChI=1S/C20H22N4O2/c1-14-7-8-17(12-22-14)25-13-15-5-4-6-16(11-15)18-23-19(24-26-18)20(21)9-2-3-10-20/h4-8,11-12H,2-3,9-10,13,21H2,1H3. The summed E-state index contributed by atoms with van der Waals surface area (Å²) < 4.78 is 11.3. The molecule has 1 aliphatic carbocycles. The number of aromatic nitrogens is 3. The number of nitrogens with two attached hydrogens (primary N) is 1. The van der Waals surface area contributed by atoms with Gasteiger partial charge < -0.3 is 15.0 Å². The molecule has 0 unspecified atom stereocenters. The van der Waals surface area contributed by atoms with Gasteiger partial charge in [0.15, 0.2) is 5.82 Å². The maximum atomic E-state index is 6.41. The van der Waals surface area contributed by atoms with Crippen molar-refractivity contribution in [2.45, 2.75) is 44.8 Å². The van der Waals surface area contributed by atoms with Crippen molar-refractivity contribution in [1.29, 1.82) is 0 Å². The molecule has 4 rings (SSSR count). The molecule has 0 atom stereocenters. The Morgan fingerprint density at radius 3 is 2.81 bits per heavy atom. The van der Waals surface area contributed by atoms with Crippen LogP contribution in [0.1, 0.15) is 42.8 Å². The van der Waals surface area contributed by atoms with Crippen LogP contribution in [-0.2, 0) is 12.1 Å². The van der Waals surface area contributed by atoms with Crippen LogP contribution in [0.15, 0.2) is 47.1 Å². The summed E-state index contributed by atoms with van der Waals surface area (Å²) >= 11 is 0. The molecule has 26 heavy (non-hydrogen) atoms. The van der Waals surface area contributed by atoms with Crippen molar-refractivity contribution < 1.29 is 9.26 Å². The number of ether oxygens (including phenoxy) is 1. The van der Waals surface area contributed by atoms with Crippen LogP contribution in [0.25, 0.3) is 11.5 Å². The molecule has 0 spiro atoms. The molecular formula is C20H22N4O2. The van der Waals surface area contributed by atoms with Gasteiger partial charge in [0.1, 0.15) is 12.4 Å². The maximum Gasteiger partial charge on any atom is 0.258 e. The van der Waals surface area contributed by atoms with E-state index >= 15 is 0 Å². The zero-order valence-corrected chi connectivity index (χ0v) is 14.8. The SMILES string of the molecule is Cc1ccc(OCc2cccc(-c3nc(C4(N)CCCC4)no3)c2)cn1. The lowest BCUT2D eigenvalue weighted by Gasteiger charge is -2.17. The molecule has 1 saturated carbocycles. The third-order valence-corrected chi connectivity index (χ3v) is 4.83. The monoisotopic (exact) mass is 350 g/mol. The van der Waals surface area contributed by atoms with Gasteiger partial charge in [0.25, 0.3) is 5.89 Å². The van der Waals surface area contributed by atoms with Crippen LogP contribution >= 0.6 is 0 Å². The van der Waals surface area contributed by atoms with Crippen molar-refractivity contribution in [2.75, 3.05) is 0 Å². The van der Waals surface area contributed by atoms with Crippen molar-refractivity contribution in [1.82, 2.24) is 15.1 Å². The number of pyridine rings is 1. The molecule has 0 radical (unpaired) electrons. The van der Waals surface area contributed by atoms with E-state index in [1.54, 1.807) is 6.20 Å². The molecule has 0 bridgehead atoms. The minimum absolute atomic E-state index is 0.444. The Morgan fingerprint density at radius 2 is 2.04 bits per heavy atom. The fourth-order valence-corrected chi connectivity index (χ4v) is 3.27. The van der Waals surface area contributed by atoms with Gasteiger partial charge in [-0.3, -0.25) is 4.98 Å². The van der Waals surface area contributed by atoms with Gasteiger partial charge in [0, 0.05) is 11.3 Å². The first-order valence-corrected chi connectivity index (χ1v) is 8.90. The molecule has 0 saturated heterocycles. The number of benzene rings is 1. The van der Waals surface area contributed by atoms with Gasteiger partial charge in [-0.05, 0) is 49.6 Å². The third kappa shape index (κ3) is 3.46. The first kappa shape index (κ1) is 16.7. The lowest BCUT2D eigenvalue weighted by molar-refractivity contribution is 0.305. The number of nitrogens with zero attached hydrogens (tertiary/aromatic N) is 3. The van der Waals surface area contributed by atoms with E-state index in [1.807, 2.05) is 43.3 Å². The molecule has 134 valence electrons. The van der Waals surface area contributed by atoms with Crippen LogP contribution < -0.4 is 10.5 Å². The van der Waals surface area contributed by atoms with Gasteiger partial charge in [-0.15, -0.1) is 0 Å². The van der Waals surface area contributed by atoms with Crippen LogP contribution in [-0.4, -0.2) is 15.1 Å². The number of aryl methyl sites for hydroxylation is 1. The first-order chi connectivity index (χ1) is 12.6. The second kappa shape index (κ2) is 6.88. The zero-order valence-electron chi connectivity index (χ0n) is 14.8. The molecule has 0 amide bonds. The summed E-state index contributed by atoms with van der Waals surface area (Å²) in [6, 6.07) is 11.8. The molecule has 1 aromatic carbocycles. The fourth-order valence-electron chi connectivity index (χ4n) is 3.27. The van der Waals surface area contributed by atoms with E-state index in [0.717, 1.165) is 48.3 Å². The van der Waals surface area contributed by atoms with E-state index in [9.17, 15) is 0 Å². The maximum absolute atomic E-state index is 6.41. The van der Waals surface area contributed by atoms with Gasteiger partial charge in [-0.25, -0.2) is 0 Å². The lowest BCUT2D eigenvalue weighted by atomic mass is 9.98. The van der Waals surface area contributed by atoms with E-state index in [-0.39, 0.29) is 0 Å². The molecule has 2 heterocycles. The Bertz CT molecular complexity index is 883. The number of hydrogen-bond acceptors (Lipinski definition) is 6. The van der Waals surface area contributed by atoms with E-state index in [0.29, 0.717) is 18.3 Å². The van der Waals surface area contributed by atoms with Gasteiger partial charge in [-0.1, -0.05) is 30.1 Å². The smallest absolute Gasteiger partial charge is 0.258 e. The summed E-state index contributed by atoms with van der Waals surface area (Å²) in [6.45, 7) is 2.39. The van der Waals surface area contributed by atoms with Gasteiger partial charge in [0.2, 0.25) is 0 Å². The predicted molar refractivity (Wildman–Crippen MR) is 97.4 cm³/mol. The first-order valence-electron chi connectivity index (χ1n) is 8.90. The van der Waals surface area contributed by atoms with Crippen LogP contribution in [0.4, 0.5) is 0 Å². The summed E-state index contributed by atoms with van der Waals surface area (Å²) in [7, 11) is 0. The van der Waals surface area contributed by atoms with Crippen molar-refractivity contribution in [3.05, 3.63) is 59.7 Å². The topological polar surface area (TPSA) is 87.1 Å². The van der Waals surface area contributed by atoms with E-state index < -0.39 is 5.54 Å². The highest BCUT2D eigenvalue weighted by Gasteiger charge is 2.36. The van der Waals surface area contributed by atoms with Crippen LogP contribution in [0.5, 0.6) is 5.75 Å². The van der Waals surface area contributed by atoms with Crippen molar-refractivity contribution >= 4 is 0 Å². The minimum Gasteiger partial charge on any atom is -0.487 e. The zero-order chi connectivity index (χ0) is 18.0. The summed E-state index contributed by atoms with van der Waals surface area (Å²) in [4.78, 5) is 8.78. The largest absolute Gasteiger partial charge is 0.487 e. The number of rotatable bonds is 5. The highest BCUT2D eigenvalue weighted by molar-refractivity contribution is 5.54. The molecule has 2 N–H and O–H groups in total. The lowest BCUT2D eigenvalue weighted by Crippen LogP contribution is -2.34. The van der Waals surface area contributed by atoms with Gasteiger partial charge in [0.05, 0.1) is 11.7 Å². The van der Waals surface area contributed by atoms with Crippen LogP contribution in [0.3, 0.4) is 0 Å². The highest BCUT2D eigenvalue weighted by atomic mass is 16.5. The Morgan fingerprint density at radius 1 is 1.19 bits per heavy atom. The Hall–Kier alpha value is -2.73. The van der Waals surface area contributed by atoms with Crippen molar-refractivity contribution in [3.8, 4) is 17.2 Å². The van der Waals surface area contributed by atoms with E-state index in [4.69, 9.17) is 15.0 Å². The van der Waals surface area contributed by atoms with E-state index in [1.165, 1.54) is 0 Å². The third-order valence-electron chi connectivity index (χ3n) is 4.83. The van der Waals surface area contributed by atoms with Crippen molar-refractivity contribution in [2.24, 2.45) is 5.73 Å². The Balaban J connectivity index is 1.49. The average Bonchev–Trinajstić information content (AvgIpc) is 3.32. The second-order valence-corrected chi connectivity index (χ2v) is 6.91. The second-order valence-electron chi connectivity index (χ2n) is 6.91. The normalized spacial score (nSPS) is 15.9. The van der Waals surface area contributed by atoms with Gasteiger partial charge >= 0.3 is 0 Å². The molecule has 2 aromatic heterocycles.